The van der Waals surface area contributed by atoms with E-state index in [1.807, 2.05) is 30.3 Å². The van der Waals surface area contributed by atoms with Crippen molar-refractivity contribution in [1.82, 2.24) is 4.57 Å². The monoisotopic (exact) mass is 311 g/mol. The van der Waals surface area contributed by atoms with Gasteiger partial charge in [-0.2, -0.15) is 0 Å². The van der Waals surface area contributed by atoms with Gasteiger partial charge in [0.2, 0.25) is 0 Å². The smallest absolute Gasteiger partial charge is 0.356 e. The highest BCUT2D eigenvalue weighted by Crippen LogP contribution is 2.30. The number of rotatable bonds is 4. The van der Waals surface area contributed by atoms with Crippen molar-refractivity contribution in [2.24, 2.45) is 7.05 Å². The number of aldehydes is 1. The molecule has 0 saturated heterocycles. The Hall–Kier alpha value is -1.78. The molecule has 2 aromatic rings. The normalized spacial score (nSPS) is 10.3. The topological polar surface area (TPSA) is 48.3 Å². The summed E-state index contributed by atoms with van der Waals surface area (Å²) >= 11 is 11.9. The van der Waals surface area contributed by atoms with Crippen LogP contribution >= 0.6 is 23.2 Å². The second-order valence-corrected chi connectivity index (χ2v) is 4.84. The van der Waals surface area contributed by atoms with Crippen LogP contribution in [0.4, 0.5) is 0 Å². The number of esters is 1. The molecule has 0 atom stereocenters. The Balaban J connectivity index is 2.20. The van der Waals surface area contributed by atoms with Gasteiger partial charge < -0.3 is 9.30 Å². The van der Waals surface area contributed by atoms with Gasteiger partial charge >= 0.3 is 5.97 Å². The lowest BCUT2D eigenvalue weighted by Gasteiger charge is -2.06. The third-order valence-electron chi connectivity index (χ3n) is 2.82. The van der Waals surface area contributed by atoms with Gasteiger partial charge in [0.05, 0.1) is 10.6 Å². The van der Waals surface area contributed by atoms with Crippen LogP contribution in [0.3, 0.4) is 0 Å². The van der Waals surface area contributed by atoms with E-state index in [0.717, 1.165) is 5.56 Å². The average molecular weight is 312 g/mol. The second kappa shape index (κ2) is 6.11. The minimum absolute atomic E-state index is 0.00515. The van der Waals surface area contributed by atoms with Crippen LogP contribution in [0, 0.1) is 0 Å². The molecule has 1 heterocycles. The van der Waals surface area contributed by atoms with Crippen LogP contribution < -0.4 is 0 Å². The highest BCUT2D eigenvalue weighted by Gasteiger charge is 2.24. The van der Waals surface area contributed by atoms with Gasteiger partial charge in [0.15, 0.2) is 6.29 Å². The molecule has 1 aromatic heterocycles. The molecule has 2 rings (SSSR count). The summed E-state index contributed by atoms with van der Waals surface area (Å²) < 4.78 is 6.50. The molecule has 0 bridgehead atoms. The molecule has 0 amide bonds. The Bertz CT molecular complexity index is 650. The average Bonchev–Trinajstić information content (AvgIpc) is 2.67. The first-order chi connectivity index (χ1) is 9.56. The lowest BCUT2D eigenvalue weighted by Crippen LogP contribution is -2.10. The first-order valence-corrected chi connectivity index (χ1v) is 6.51. The van der Waals surface area contributed by atoms with Crippen LogP contribution in [0.1, 0.15) is 26.4 Å². The molecule has 1 aromatic carbocycles. The van der Waals surface area contributed by atoms with E-state index in [4.69, 9.17) is 27.9 Å². The third kappa shape index (κ3) is 2.71. The van der Waals surface area contributed by atoms with Gasteiger partial charge in [-0.25, -0.2) is 4.79 Å². The maximum atomic E-state index is 12.0. The maximum Gasteiger partial charge on any atom is 0.356 e. The second-order valence-electron chi connectivity index (χ2n) is 4.11. The summed E-state index contributed by atoms with van der Waals surface area (Å²) in [6, 6.07) is 9.24. The molecule has 0 spiro atoms. The molecule has 0 radical (unpaired) electrons. The van der Waals surface area contributed by atoms with E-state index in [9.17, 15) is 9.59 Å². The van der Waals surface area contributed by atoms with Crippen molar-refractivity contribution in [3.05, 3.63) is 57.3 Å². The molecule has 20 heavy (non-hydrogen) atoms. The summed E-state index contributed by atoms with van der Waals surface area (Å²) in [5.41, 5.74) is 1.00. The molecule has 4 nitrogen and oxygen atoms in total. The fourth-order valence-electron chi connectivity index (χ4n) is 1.76. The lowest BCUT2D eigenvalue weighted by molar-refractivity contribution is 0.0461. The summed E-state index contributed by atoms with van der Waals surface area (Å²) in [7, 11) is 1.54. The Morgan fingerprint density at radius 1 is 1.30 bits per heavy atom. The van der Waals surface area contributed by atoms with Gasteiger partial charge in [0, 0.05) is 7.05 Å². The number of nitrogens with zero attached hydrogens (tertiary/aromatic N) is 1. The first-order valence-electron chi connectivity index (χ1n) is 5.76. The molecule has 0 aliphatic rings. The van der Waals surface area contributed by atoms with Crippen molar-refractivity contribution in [3.63, 3.8) is 0 Å². The van der Waals surface area contributed by atoms with Crippen molar-refractivity contribution >= 4 is 35.5 Å². The van der Waals surface area contributed by atoms with E-state index < -0.39 is 5.97 Å². The number of carbonyl (C=O) groups is 2. The van der Waals surface area contributed by atoms with E-state index in [0.29, 0.717) is 6.29 Å². The van der Waals surface area contributed by atoms with E-state index in [2.05, 4.69) is 0 Å². The van der Waals surface area contributed by atoms with Crippen molar-refractivity contribution in [2.45, 2.75) is 6.61 Å². The lowest BCUT2D eigenvalue weighted by atomic mass is 10.2. The predicted molar refractivity (Wildman–Crippen MR) is 76.4 cm³/mol. The summed E-state index contributed by atoms with van der Waals surface area (Å²) in [4.78, 5) is 22.9. The maximum absolute atomic E-state index is 12.0. The molecule has 0 aliphatic carbocycles. The van der Waals surface area contributed by atoms with E-state index in [1.54, 1.807) is 7.05 Å². The van der Waals surface area contributed by atoms with Crippen LogP contribution in [0.2, 0.25) is 10.2 Å². The van der Waals surface area contributed by atoms with Gasteiger partial charge in [-0.15, -0.1) is 0 Å². The Morgan fingerprint density at radius 3 is 2.50 bits per heavy atom. The summed E-state index contributed by atoms with van der Waals surface area (Å²) in [6.07, 6.45) is 0.513. The number of halogens is 2. The fourth-order valence-corrected chi connectivity index (χ4v) is 2.37. The number of aromatic nitrogens is 1. The minimum Gasteiger partial charge on any atom is -0.456 e. The zero-order valence-corrected chi connectivity index (χ0v) is 12.1. The van der Waals surface area contributed by atoms with E-state index in [1.165, 1.54) is 4.57 Å². The zero-order chi connectivity index (χ0) is 14.7. The molecular weight excluding hydrogens is 301 g/mol. The first kappa shape index (κ1) is 14.6. The van der Waals surface area contributed by atoms with E-state index in [-0.39, 0.29) is 28.0 Å². The van der Waals surface area contributed by atoms with Crippen LogP contribution in [0.5, 0.6) is 0 Å². The Morgan fingerprint density at radius 2 is 1.95 bits per heavy atom. The summed E-state index contributed by atoms with van der Waals surface area (Å²) in [6.45, 7) is 0.120. The van der Waals surface area contributed by atoms with Crippen molar-refractivity contribution in [1.29, 1.82) is 0 Å². The highest BCUT2D eigenvalue weighted by molar-refractivity contribution is 6.40. The van der Waals surface area contributed by atoms with Crippen LogP contribution in [-0.4, -0.2) is 16.8 Å². The molecular formula is C14H11Cl2NO3. The predicted octanol–water partition coefficient (Wildman–Crippen LogP) is 3.50. The Labute approximate surface area is 125 Å². The number of benzene rings is 1. The summed E-state index contributed by atoms with van der Waals surface area (Å²) in [5.74, 6) is -0.628. The molecule has 0 fully saturated rings. The fraction of sp³-hybridized carbons (Fsp3) is 0.143. The molecule has 0 aliphatic heterocycles. The largest absolute Gasteiger partial charge is 0.456 e. The number of ether oxygens (including phenoxy) is 1. The van der Waals surface area contributed by atoms with Gasteiger partial charge in [-0.1, -0.05) is 53.5 Å². The van der Waals surface area contributed by atoms with Crippen molar-refractivity contribution in [2.75, 3.05) is 0 Å². The van der Waals surface area contributed by atoms with Gasteiger partial charge in [0.1, 0.15) is 17.5 Å². The van der Waals surface area contributed by atoms with Crippen molar-refractivity contribution < 1.29 is 14.3 Å². The zero-order valence-electron chi connectivity index (χ0n) is 10.6. The van der Waals surface area contributed by atoms with Crippen molar-refractivity contribution in [3.8, 4) is 0 Å². The molecule has 0 saturated carbocycles. The van der Waals surface area contributed by atoms with Crippen LogP contribution in [-0.2, 0) is 18.4 Å². The van der Waals surface area contributed by atoms with Gasteiger partial charge in [-0.3, -0.25) is 4.79 Å². The number of hydrogen-bond donors (Lipinski definition) is 0. The molecule has 6 heteroatoms. The summed E-state index contributed by atoms with van der Waals surface area (Å²) in [5, 5.41) is 0.113. The molecule has 0 N–H and O–H groups in total. The Kier molecular flexibility index (Phi) is 4.47. The van der Waals surface area contributed by atoms with Crippen LogP contribution in [0.15, 0.2) is 30.3 Å². The van der Waals surface area contributed by atoms with Crippen LogP contribution in [0.25, 0.3) is 0 Å². The number of carbonyl (C=O) groups excluding carboxylic acids is 2. The SMILES string of the molecule is Cn1c(Cl)c(C=O)c(Cl)c1C(=O)OCc1ccccc1. The van der Waals surface area contributed by atoms with Gasteiger partial charge in [-0.05, 0) is 5.56 Å². The molecule has 0 unspecified atom stereocenters. The number of hydrogen-bond acceptors (Lipinski definition) is 3. The standard InChI is InChI=1S/C14H11Cl2NO3/c1-17-12(11(15)10(7-18)13(17)16)14(19)20-8-9-5-3-2-4-6-9/h2-7H,8H2,1H3. The van der Waals surface area contributed by atoms with E-state index >= 15 is 0 Å². The highest BCUT2D eigenvalue weighted by atomic mass is 35.5. The third-order valence-corrected chi connectivity index (χ3v) is 3.66. The van der Waals surface area contributed by atoms with Gasteiger partial charge in [0.25, 0.3) is 0 Å². The molecule has 104 valence electrons. The quantitative estimate of drug-likeness (QED) is 0.641. The minimum atomic E-state index is -0.628.